The summed E-state index contributed by atoms with van der Waals surface area (Å²) in [6.45, 7) is 1.08. The van der Waals surface area contributed by atoms with Crippen molar-refractivity contribution in [3.63, 3.8) is 0 Å². The number of carbonyl (C=O) groups is 3. The van der Waals surface area contributed by atoms with Crippen LogP contribution in [0.15, 0.2) is 12.2 Å². The van der Waals surface area contributed by atoms with Gasteiger partial charge in [-0.3, -0.25) is 9.59 Å². The predicted molar refractivity (Wildman–Crippen MR) is 39.3 cm³/mol. The maximum Gasteiger partial charge on any atom is 0.328 e. The highest BCUT2D eigenvalue weighted by Gasteiger charge is 1.86. The first-order chi connectivity index (χ1) is 5.36. The van der Waals surface area contributed by atoms with Crippen LogP contribution in [-0.4, -0.2) is 28.1 Å². The van der Waals surface area contributed by atoms with E-state index in [-0.39, 0.29) is 0 Å². The van der Waals surface area contributed by atoms with Crippen molar-refractivity contribution in [2.24, 2.45) is 5.73 Å². The summed E-state index contributed by atoms with van der Waals surface area (Å²) < 4.78 is 0. The maximum absolute atomic E-state index is 9.78. The Morgan fingerprint density at radius 3 is 1.58 bits per heavy atom. The second kappa shape index (κ2) is 7.26. The predicted octanol–water partition coefficient (Wildman–Crippen LogP) is -0.797. The molecule has 0 saturated heterocycles. The highest BCUT2D eigenvalue weighted by molar-refractivity contribution is 5.92. The summed E-state index contributed by atoms with van der Waals surface area (Å²) in [6, 6.07) is 0. The largest absolute Gasteiger partial charge is 0.481 e. The van der Waals surface area contributed by atoms with Gasteiger partial charge in [-0.1, -0.05) is 0 Å². The number of hydrogen-bond donors (Lipinski definition) is 3. The molecule has 0 aliphatic heterocycles. The minimum atomic E-state index is -1.18. The fraction of sp³-hybridized carbons (Fsp3) is 0.167. The quantitative estimate of drug-likeness (QED) is 0.475. The molecule has 0 rings (SSSR count). The Morgan fingerprint density at radius 1 is 1.17 bits per heavy atom. The number of rotatable bonds is 2. The Balaban J connectivity index is 0. The molecule has 0 heterocycles. The van der Waals surface area contributed by atoms with Crippen LogP contribution in [-0.2, 0) is 14.4 Å². The van der Waals surface area contributed by atoms with Crippen LogP contribution >= 0.6 is 0 Å². The van der Waals surface area contributed by atoms with Crippen LogP contribution in [0.25, 0.3) is 0 Å². The van der Waals surface area contributed by atoms with E-state index in [1.807, 2.05) is 0 Å². The number of aliphatic carboxylic acids is 2. The van der Waals surface area contributed by atoms with Crippen molar-refractivity contribution in [2.75, 3.05) is 0 Å². The number of nitrogens with two attached hydrogens (primary N) is 1. The second-order valence-corrected chi connectivity index (χ2v) is 1.59. The van der Waals surface area contributed by atoms with Crippen molar-refractivity contribution in [2.45, 2.75) is 6.92 Å². The third-order valence-electron chi connectivity index (χ3n) is 0.390. The van der Waals surface area contributed by atoms with Gasteiger partial charge < -0.3 is 15.9 Å². The van der Waals surface area contributed by atoms with Crippen molar-refractivity contribution < 1.29 is 24.6 Å². The van der Waals surface area contributed by atoms with E-state index in [0.29, 0.717) is 6.08 Å². The zero-order valence-corrected chi connectivity index (χ0v) is 6.35. The first kappa shape index (κ1) is 12.8. The van der Waals surface area contributed by atoms with Crippen LogP contribution in [0, 0.1) is 0 Å². The van der Waals surface area contributed by atoms with E-state index in [2.05, 4.69) is 5.73 Å². The fourth-order valence-corrected chi connectivity index (χ4v) is 0.153. The number of carboxylic acids is 2. The summed E-state index contributed by atoms with van der Waals surface area (Å²) in [5.41, 5.74) is 4.55. The zero-order valence-electron chi connectivity index (χ0n) is 6.35. The topological polar surface area (TPSA) is 118 Å². The molecule has 0 aromatic rings. The molecule has 6 nitrogen and oxygen atoms in total. The molecule has 0 unspecified atom stereocenters. The van der Waals surface area contributed by atoms with E-state index in [0.717, 1.165) is 13.0 Å². The van der Waals surface area contributed by atoms with Gasteiger partial charge in [-0.15, -0.1) is 0 Å². The number of amides is 1. The van der Waals surface area contributed by atoms with Gasteiger partial charge in [-0.2, -0.15) is 0 Å². The number of primary amides is 1. The highest BCUT2D eigenvalue weighted by Crippen LogP contribution is 1.68. The molecule has 0 aromatic heterocycles. The minimum absolute atomic E-state index is 0.683. The molecule has 0 aliphatic carbocycles. The minimum Gasteiger partial charge on any atom is -0.481 e. The lowest BCUT2D eigenvalue weighted by atomic mass is 10.5. The lowest BCUT2D eigenvalue weighted by Crippen LogP contribution is -2.06. The highest BCUT2D eigenvalue weighted by atomic mass is 16.4. The SMILES string of the molecule is CC(=O)O.NC(=O)/C=C\C(=O)O. The normalized spacial score (nSPS) is 8.42. The average molecular weight is 175 g/mol. The molecule has 0 aromatic carbocycles. The van der Waals surface area contributed by atoms with Crippen LogP contribution in [0.1, 0.15) is 6.92 Å². The molecular formula is C6H9NO5. The Morgan fingerprint density at radius 2 is 1.50 bits per heavy atom. The molecule has 6 heteroatoms. The smallest absolute Gasteiger partial charge is 0.328 e. The summed E-state index contributed by atoms with van der Waals surface area (Å²) in [4.78, 5) is 28.4. The van der Waals surface area contributed by atoms with Crippen LogP contribution in [0.5, 0.6) is 0 Å². The molecular weight excluding hydrogens is 166 g/mol. The average Bonchev–Trinajstić information content (AvgIpc) is 1.82. The lowest BCUT2D eigenvalue weighted by Gasteiger charge is -1.75. The molecule has 0 aliphatic rings. The van der Waals surface area contributed by atoms with Gasteiger partial charge >= 0.3 is 5.97 Å². The van der Waals surface area contributed by atoms with Gasteiger partial charge in [0.25, 0.3) is 5.97 Å². The number of hydrogen-bond acceptors (Lipinski definition) is 3. The van der Waals surface area contributed by atoms with Crippen LogP contribution in [0.2, 0.25) is 0 Å². The van der Waals surface area contributed by atoms with Crippen LogP contribution in [0.4, 0.5) is 0 Å². The van der Waals surface area contributed by atoms with E-state index >= 15 is 0 Å². The van der Waals surface area contributed by atoms with E-state index in [4.69, 9.17) is 15.0 Å². The van der Waals surface area contributed by atoms with Crippen LogP contribution < -0.4 is 5.73 Å². The third-order valence-corrected chi connectivity index (χ3v) is 0.390. The van der Waals surface area contributed by atoms with E-state index in [9.17, 15) is 9.59 Å². The Labute approximate surface area is 68.3 Å². The second-order valence-electron chi connectivity index (χ2n) is 1.59. The van der Waals surface area contributed by atoms with Gasteiger partial charge in [-0.05, 0) is 0 Å². The van der Waals surface area contributed by atoms with E-state index < -0.39 is 17.8 Å². The van der Waals surface area contributed by atoms with Gasteiger partial charge in [0.05, 0.1) is 0 Å². The van der Waals surface area contributed by atoms with Gasteiger partial charge in [0, 0.05) is 19.1 Å². The molecule has 68 valence electrons. The molecule has 0 fully saturated rings. The lowest BCUT2D eigenvalue weighted by molar-refractivity contribution is -0.134. The zero-order chi connectivity index (χ0) is 10.1. The van der Waals surface area contributed by atoms with Crippen molar-refractivity contribution in [1.29, 1.82) is 0 Å². The summed E-state index contributed by atoms with van der Waals surface area (Å²) in [5.74, 6) is -2.77. The summed E-state index contributed by atoms with van der Waals surface area (Å²) >= 11 is 0. The molecule has 0 radical (unpaired) electrons. The first-order valence-corrected chi connectivity index (χ1v) is 2.76. The standard InChI is InChI=1S/C4H5NO3.C2H4O2/c5-3(6)1-2-4(7)8;1-2(3)4/h1-2H,(H2,5,6)(H,7,8);1H3,(H,3,4)/b2-1-;. The van der Waals surface area contributed by atoms with Crippen molar-refractivity contribution in [3.8, 4) is 0 Å². The van der Waals surface area contributed by atoms with E-state index in [1.54, 1.807) is 0 Å². The monoisotopic (exact) mass is 175 g/mol. The molecule has 1 amide bonds. The molecule has 0 atom stereocenters. The Kier molecular flexibility index (Phi) is 7.74. The van der Waals surface area contributed by atoms with Crippen molar-refractivity contribution in [3.05, 3.63) is 12.2 Å². The first-order valence-electron chi connectivity index (χ1n) is 2.76. The molecule has 0 bridgehead atoms. The Bertz CT molecular complexity index is 188. The molecule has 0 saturated carbocycles. The fourth-order valence-electron chi connectivity index (χ4n) is 0.153. The van der Waals surface area contributed by atoms with E-state index in [1.165, 1.54) is 0 Å². The number of carboxylic acid groups (broad SMARTS) is 2. The number of carbonyl (C=O) groups excluding carboxylic acids is 1. The van der Waals surface area contributed by atoms with Gasteiger partial charge in [-0.25, -0.2) is 4.79 Å². The van der Waals surface area contributed by atoms with Gasteiger partial charge in [0.2, 0.25) is 5.91 Å². The molecule has 12 heavy (non-hydrogen) atoms. The van der Waals surface area contributed by atoms with Crippen molar-refractivity contribution >= 4 is 17.8 Å². The summed E-state index contributed by atoms with van der Waals surface area (Å²) in [5, 5.41) is 15.3. The molecule has 0 spiro atoms. The Hall–Kier alpha value is -1.85. The van der Waals surface area contributed by atoms with Gasteiger partial charge in [0.15, 0.2) is 0 Å². The third kappa shape index (κ3) is 42.0. The van der Waals surface area contributed by atoms with Crippen LogP contribution in [0.3, 0.4) is 0 Å². The van der Waals surface area contributed by atoms with Gasteiger partial charge in [0.1, 0.15) is 0 Å². The summed E-state index contributed by atoms with van der Waals surface area (Å²) in [6.07, 6.45) is 1.46. The molecule has 4 N–H and O–H groups in total. The maximum atomic E-state index is 9.78. The van der Waals surface area contributed by atoms with Crippen molar-refractivity contribution in [1.82, 2.24) is 0 Å². The summed E-state index contributed by atoms with van der Waals surface area (Å²) in [7, 11) is 0.